The summed E-state index contributed by atoms with van der Waals surface area (Å²) in [5.41, 5.74) is 0.339. The zero-order chi connectivity index (χ0) is 6.36. The first-order valence-electron chi connectivity index (χ1n) is 3.04. The van der Waals surface area contributed by atoms with E-state index in [-0.39, 0.29) is 0 Å². The van der Waals surface area contributed by atoms with Crippen molar-refractivity contribution < 1.29 is 5.11 Å². The molecule has 1 atom stereocenters. The summed E-state index contributed by atoms with van der Waals surface area (Å²) in [6.07, 6.45) is 1.46. The summed E-state index contributed by atoms with van der Waals surface area (Å²) >= 11 is 0. The molecule has 0 spiro atoms. The lowest BCUT2D eigenvalue weighted by Gasteiger charge is -2.16. The van der Waals surface area contributed by atoms with Gasteiger partial charge in [0, 0.05) is 0 Å². The van der Waals surface area contributed by atoms with Crippen LogP contribution in [0.4, 0.5) is 0 Å². The lowest BCUT2D eigenvalue weighted by Crippen LogP contribution is -2.15. The van der Waals surface area contributed by atoms with Crippen molar-refractivity contribution in [2.24, 2.45) is 11.3 Å². The van der Waals surface area contributed by atoms with Crippen molar-refractivity contribution in [3.8, 4) is 0 Å². The summed E-state index contributed by atoms with van der Waals surface area (Å²) in [6, 6.07) is 0. The lowest BCUT2D eigenvalue weighted by molar-refractivity contribution is -0.357. The molecule has 0 N–H and O–H groups in total. The minimum atomic E-state index is 0.339. The molecule has 0 amide bonds. The zero-order valence-corrected chi connectivity index (χ0v) is 5.69. The quantitative estimate of drug-likeness (QED) is 0.495. The van der Waals surface area contributed by atoms with E-state index in [9.17, 15) is 5.11 Å². The Kier molecular flexibility index (Phi) is 1.12. The molecule has 1 aliphatic carbocycles. The van der Waals surface area contributed by atoms with Crippen molar-refractivity contribution in [1.29, 1.82) is 0 Å². The highest BCUT2D eigenvalue weighted by atomic mass is 16.3. The second-order valence-corrected chi connectivity index (χ2v) is 3.36. The highest BCUT2D eigenvalue weighted by Gasteiger charge is 2.44. The SMILES string of the molecule is C[C]([O-])C1CC1(C)C. The van der Waals surface area contributed by atoms with Gasteiger partial charge in [-0.3, -0.25) is 0 Å². The third-order valence-electron chi connectivity index (χ3n) is 2.00. The van der Waals surface area contributed by atoms with E-state index in [1.165, 1.54) is 0 Å². The zero-order valence-electron chi connectivity index (χ0n) is 5.69. The molecule has 0 aromatic rings. The third-order valence-corrected chi connectivity index (χ3v) is 2.00. The summed E-state index contributed by atoms with van der Waals surface area (Å²) in [5.74, 6) is 0.377. The largest absolute Gasteiger partial charge is 0.850 e. The summed E-state index contributed by atoms with van der Waals surface area (Å²) in [5, 5.41) is 10.6. The first-order chi connectivity index (χ1) is 3.54. The predicted octanol–water partition coefficient (Wildman–Crippen LogP) is 0.945. The van der Waals surface area contributed by atoms with E-state index in [2.05, 4.69) is 13.8 Å². The fourth-order valence-electron chi connectivity index (χ4n) is 1.16. The number of hydrogen-bond donors (Lipinski definition) is 0. The smallest absolute Gasteiger partial charge is 0.0331 e. The standard InChI is InChI=1S/C7H12O/c1-5(8)6-4-7(6,2)3/h6H,4H2,1-3H3/q-1. The molecule has 47 valence electrons. The molecule has 0 aromatic carbocycles. The van der Waals surface area contributed by atoms with Gasteiger partial charge in [0.1, 0.15) is 0 Å². The minimum absolute atomic E-state index is 0.339. The number of hydrogen-bond acceptors (Lipinski definition) is 1. The molecule has 1 rings (SSSR count). The Morgan fingerprint density at radius 2 is 2.00 bits per heavy atom. The van der Waals surface area contributed by atoms with E-state index in [1.807, 2.05) is 0 Å². The van der Waals surface area contributed by atoms with E-state index < -0.39 is 0 Å². The highest BCUT2D eigenvalue weighted by molar-refractivity contribution is 5.04. The minimum Gasteiger partial charge on any atom is -0.850 e. The second kappa shape index (κ2) is 1.47. The lowest BCUT2D eigenvalue weighted by atomic mass is 10.1. The van der Waals surface area contributed by atoms with Gasteiger partial charge in [-0.2, -0.15) is 0 Å². The van der Waals surface area contributed by atoms with Gasteiger partial charge < -0.3 is 5.11 Å². The monoisotopic (exact) mass is 112 g/mol. The van der Waals surface area contributed by atoms with E-state index >= 15 is 0 Å². The van der Waals surface area contributed by atoms with Gasteiger partial charge in [0.15, 0.2) is 0 Å². The van der Waals surface area contributed by atoms with Crippen LogP contribution in [0.5, 0.6) is 0 Å². The molecule has 0 aliphatic heterocycles. The highest BCUT2D eigenvalue weighted by Crippen LogP contribution is 2.54. The third kappa shape index (κ3) is 0.873. The van der Waals surface area contributed by atoms with Gasteiger partial charge in [-0.25, -0.2) is 0 Å². The Labute approximate surface area is 50.7 Å². The van der Waals surface area contributed by atoms with E-state index in [1.54, 1.807) is 6.92 Å². The molecular formula is C7H12O-. The van der Waals surface area contributed by atoms with Crippen molar-refractivity contribution in [3.05, 3.63) is 6.10 Å². The van der Waals surface area contributed by atoms with Gasteiger partial charge in [-0.1, -0.05) is 20.8 Å². The Morgan fingerprint density at radius 1 is 1.62 bits per heavy atom. The molecular weight excluding hydrogens is 100 g/mol. The van der Waals surface area contributed by atoms with Crippen molar-refractivity contribution in [2.45, 2.75) is 27.2 Å². The van der Waals surface area contributed by atoms with Crippen LogP contribution in [-0.4, -0.2) is 0 Å². The molecule has 0 saturated heterocycles. The topological polar surface area (TPSA) is 23.1 Å². The van der Waals surface area contributed by atoms with Crippen LogP contribution in [0.15, 0.2) is 0 Å². The second-order valence-electron chi connectivity index (χ2n) is 3.36. The summed E-state index contributed by atoms with van der Waals surface area (Å²) in [6.45, 7) is 5.96. The molecule has 1 nitrogen and oxygen atoms in total. The van der Waals surface area contributed by atoms with Gasteiger partial charge in [-0.05, 0) is 17.8 Å². The van der Waals surface area contributed by atoms with Crippen molar-refractivity contribution in [2.75, 3.05) is 0 Å². The summed E-state index contributed by atoms with van der Waals surface area (Å²) < 4.78 is 0. The van der Waals surface area contributed by atoms with Crippen LogP contribution < -0.4 is 5.11 Å². The molecule has 1 unspecified atom stereocenters. The predicted molar refractivity (Wildman–Crippen MR) is 30.8 cm³/mol. The van der Waals surface area contributed by atoms with Gasteiger partial charge in [0.05, 0.1) is 0 Å². The van der Waals surface area contributed by atoms with Crippen LogP contribution in [0, 0.1) is 17.4 Å². The molecule has 1 fully saturated rings. The van der Waals surface area contributed by atoms with Gasteiger partial charge in [0.2, 0.25) is 0 Å². The van der Waals surface area contributed by atoms with E-state index in [0.29, 0.717) is 17.4 Å². The van der Waals surface area contributed by atoms with Crippen LogP contribution in [-0.2, 0) is 0 Å². The van der Waals surface area contributed by atoms with Crippen molar-refractivity contribution in [1.82, 2.24) is 0 Å². The maximum absolute atomic E-state index is 10.6. The molecule has 0 heterocycles. The molecule has 1 radical (unpaired) electrons. The maximum Gasteiger partial charge on any atom is -0.0331 e. The Morgan fingerprint density at radius 3 is 2.00 bits per heavy atom. The van der Waals surface area contributed by atoms with E-state index in [0.717, 1.165) is 6.42 Å². The van der Waals surface area contributed by atoms with Crippen LogP contribution >= 0.6 is 0 Å². The van der Waals surface area contributed by atoms with Crippen molar-refractivity contribution in [3.63, 3.8) is 0 Å². The Hall–Kier alpha value is -0.0400. The van der Waals surface area contributed by atoms with Gasteiger partial charge in [-0.15, -0.1) is 6.10 Å². The number of rotatable bonds is 1. The van der Waals surface area contributed by atoms with Crippen LogP contribution in [0.1, 0.15) is 27.2 Å². The average molecular weight is 112 g/mol. The Bertz CT molecular complexity index is 94.6. The fraction of sp³-hybridized carbons (Fsp3) is 0.857. The molecule has 1 saturated carbocycles. The summed E-state index contributed by atoms with van der Waals surface area (Å²) in [7, 11) is 0. The molecule has 1 aliphatic rings. The first kappa shape index (κ1) is 6.09. The van der Waals surface area contributed by atoms with E-state index in [4.69, 9.17) is 0 Å². The molecule has 8 heavy (non-hydrogen) atoms. The molecule has 0 aromatic heterocycles. The van der Waals surface area contributed by atoms with Crippen LogP contribution in [0.25, 0.3) is 0 Å². The maximum atomic E-state index is 10.6. The first-order valence-corrected chi connectivity index (χ1v) is 3.04. The molecule has 1 heteroatoms. The fourth-order valence-corrected chi connectivity index (χ4v) is 1.16. The average Bonchev–Trinajstić information content (AvgIpc) is 2.13. The van der Waals surface area contributed by atoms with Gasteiger partial charge in [0.25, 0.3) is 0 Å². The van der Waals surface area contributed by atoms with Crippen LogP contribution in [0.3, 0.4) is 0 Å². The molecule has 0 bridgehead atoms. The normalized spacial score (nSPS) is 33.4. The van der Waals surface area contributed by atoms with Gasteiger partial charge >= 0.3 is 0 Å². The Balaban J connectivity index is 2.37. The summed E-state index contributed by atoms with van der Waals surface area (Å²) in [4.78, 5) is 0. The van der Waals surface area contributed by atoms with Crippen molar-refractivity contribution >= 4 is 0 Å². The van der Waals surface area contributed by atoms with Crippen LogP contribution in [0.2, 0.25) is 0 Å².